The zero-order valence-electron chi connectivity index (χ0n) is 14.5. The highest BCUT2D eigenvalue weighted by Crippen LogP contribution is 2.26. The van der Waals surface area contributed by atoms with Crippen molar-refractivity contribution in [1.82, 2.24) is 14.7 Å². The van der Waals surface area contributed by atoms with Crippen LogP contribution in [0.15, 0.2) is 36.5 Å². The molecule has 1 aromatic carbocycles. The van der Waals surface area contributed by atoms with E-state index in [1.54, 1.807) is 21.3 Å². The fourth-order valence-electron chi connectivity index (χ4n) is 3.35. The third kappa shape index (κ3) is 3.45. The first kappa shape index (κ1) is 17.0. The second kappa shape index (κ2) is 7.79. The molecule has 1 aliphatic rings. The second-order valence-electron chi connectivity index (χ2n) is 6.04. The van der Waals surface area contributed by atoms with Crippen molar-refractivity contribution in [3.8, 4) is 11.4 Å². The Labute approximate surface area is 142 Å². The lowest BCUT2D eigenvalue weighted by molar-refractivity contribution is 0.105. The molecule has 0 saturated carbocycles. The summed E-state index contributed by atoms with van der Waals surface area (Å²) in [6.07, 6.45) is 3.08. The molecule has 0 spiro atoms. The lowest BCUT2D eigenvalue weighted by Gasteiger charge is -2.24. The van der Waals surface area contributed by atoms with Crippen molar-refractivity contribution < 1.29 is 14.2 Å². The lowest BCUT2D eigenvalue weighted by Crippen LogP contribution is -2.33. The van der Waals surface area contributed by atoms with Gasteiger partial charge in [0.1, 0.15) is 11.4 Å². The van der Waals surface area contributed by atoms with Crippen molar-refractivity contribution in [2.45, 2.75) is 25.1 Å². The van der Waals surface area contributed by atoms with E-state index in [-0.39, 0.29) is 6.10 Å². The van der Waals surface area contributed by atoms with E-state index in [0.717, 1.165) is 36.6 Å². The quantitative estimate of drug-likeness (QED) is 0.778. The van der Waals surface area contributed by atoms with Gasteiger partial charge in [0.05, 0.1) is 25.5 Å². The number of nitrogens with zero attached hydrogens (tertiary/aromatic N) is 3. The Hall–Kier alpha value is -1.89. The van der Waals surface area contributed by atoms with Crippen LogP contribution >= 0.6 is 0 Å². The van der Waals surface area contributed by atoms with E-state index in [9.17, 15) is 0 Å². The molecule has 2 aromatic rings. The minimum atomic E-state index is 0.257. The van der Waals surface area contributed by atoms with Crippen LogP contribution in [-0.2, 0) is 16.0 Å². The van der Waals surface area contributed by atoms with Gasteiger partial charge in [-0.2, -0.15) is 5.10 Å². The van der Waals surface area contributed by atoms with E-state index in [2.05, 4.69) is 16.1 Å². The minimum Gasteiger partial charge on any atom is -0.494 e. The van der Waals surface area contributed by atoms with Crippen molar-refractivity contribution in [1.29, 1.82) is 0 Å². The number of ether oxygens (including phenoxy) is 3. The highest BCUT2D eigenvalue weighted by atomic mass is 16.5. The Morgan fingerprint density at radius 2 is 2.00 bits per heavy atom. The molecule has 1 saturated heterocycles. The maximum absolute atomic E-state index is 5.55. The van der Waals surface area contributed by atoms with Crippen LogP contribution in [0.2, 0.25) is 0 Å². The van der Waals surface area contributed by atoms with Crippen LogP contribution in [0.5, 0.6) is 5.75 Å². The summed E-state index contributed by atoms with van der Waals surface area (Å²) in [7, 11) is 5.20. The van der Waals surface area contributed by atoms with E-state index < -0.39 is 0 Å². The van der Waals surface area contributed by atoms with Gasteiger partial charge in [0.2, 0.25) is 0 Å². The summed E-state index contributed by atoms with van der Waals surface area (Å²) in [4.78, 5) is 2.40. The third-order valence-electron chi connectivity index (χ3n) is 4.58. The highest BCUT2D eigenvalue weighted by molar-refractivity contribution is 5.46. The normalized spacial score (nSPS) is 21.3. The van der Waals surface area contributed by atoms with Crippen molar-refractivity contribution in [3.63, 3.8) is 0 Å². The highest BCUT2D eigenvalue weighted by Gasteiger charge is 2.32. The molecule has 2 atom stereocenters. The summed E-state index contributed by atoms with van der Waals surface area (Å²) in [5.41, 5.74) is 2.07. The first-order valence-electron chi connectivity index (χ1n) is 8.19. The Morgan fingerprint density at radius 3 is 2.75 bits per heavy atom. The molecule has 6 nitrogen and oxygen atoms in total. The van der Waals surface area contributed by atoms with Crippen molar-refractivity contribution in [3.05, 3.63) is 42.2 Å². The number of rotatable bonds is 7. The van der Waals surface area contributed by atoms with Crippen molar-refractivity contribution in [2.75, 3.05) is 34.5 Å². The number of methoxy groups -OCH3 is 3. The molecule has 24 heavy (non-hydrogen) atoms. The SMILES string of the molecule is COC[C@@H]1C[C@H](OC)CN1Cc1ccnn1-c1ccccc1OC. The minimum absolute atomic E-state index is 0.257. The molecular weight excluding hydrogens is 306 g/mol. The zero-order chi connectivity index (χ0) is 16.9. The number of hydrogen-bond acceptors (Lipinski definition) is 5. The lowest BCUT2D eigenvalue weighted by atomic mass is 10.2. The topological polar surface area (TPSA) is 48.8 Å². The molecule has 0 amide bonds. The zero-order valence-corrected chi connectivity index (χ0v) is 14.5. The van der Waals surface area contributed by atoms with Gasteiger partial charge in [-0.25, -0.2) is 4.68 Å². The second-order valence-corrected chi connectivity index (χ2v) is 6.04. The van der Waals surface area contributed by atoms with Crippen LogP contribution in [0, 0.1) is 0 Å². The average Bonchev–Trinajstić information content (AvgIpc) is 3.22. The summed E-state index contributed by atoms with van der Waals surface area (Å²) in [6.45, 7) is 2.41. The van der Waals surface area contributed by atoms with Crippen molar-refractivity contribution in [2.24, 2.45) is 0 Å². The smallest absolute Gasteiger partial charge is 0.144 e. The van der Waals surface area contributed by atoms with Gasteiger partial charge < -0.3 is 14.2 Å². The molecule has 0 unspecified atom stereocenters. The van der Waals surface area contributed by atoms with E-state index in [0.29, 0.717) is 12.6 Å². The van der Waals surface area contributed by atoms with E-state index >= 15 is 0 Å². The molecule has 6 heteroatoms. The maximum Gasteiger partial charge on any atom is 0.144 e. The number of likely N-dealkylation sites (tertiary alicyclic amines) is 1. The van der Waals surface area contributed by atoms with Gasteiger partial charge >= 0.3 is 0 Å². The molecule has 130 valence electrons. The van der Waals surface area contributed by atoms with Crippen LogP contribution in [0.25, 0.3) is 5.69 Å². The Morgan fingerprint density at radius 1 is 1.17 bits per heavy atom. The fraction of sp³-hybridized carbons (Fsp3) is 0.500. The largest absolute Gasteiger partial charge is 0.494 e. The van der Waals surface area contributed by atoms with Gasteiger partial charge in [0, 0.05) is 39.5 Å². The van der Waals surface area contributed by atoms with E-state index in [1.165, 1.54) is 0 Å². The number of para-hydroxylation sites is 2. The number of hydrogen-bond donors (Lipinski definition) is 0. The molecule has 0 N–H and O–H groups in total. The predicted molar refractivity (Wildman–Crippen MR) is 91.6 cm³/mol. The third-order valence-corrected chi connectivity index (χ3v) is 4.58. The Bertz CT molecular complexity index is 658. The first-order chi connectivity index (χ1) is 11.8. The van der Waals surface area contributed by atoms with Crippen LogP contribution in [0.1, 0.15) is 12.1 Å². The molecule has 0 bridgehead atoms. The summed E-state index contributed by atoms with van der Waals surface area (Å²) >= 11 is 0. The average molecular weight is 331 g/mol. The monoisotopic (exact) mass is 331 g/mol. The summed E-state index contributed by atoms with van der Waals surface area (Å²) < 4.78 is 18.3. The standard InChI is InChI=1S/C18H25N3O3/c1-22-13-15-10-16(23-2)12-20(15)11-14-8-9-19-21(14)17-6-4-5-7-18(17)24-3/h4-9,15-16H,10-13H2,1-3H3/t15-,16-/m0/s1. The van der Waals surface area contributed by atoms with Crippen molar-refractivity contribution >= 4 is 0 Å². The van der Waals surface area contributed by atoms with Gasteiger partial charge in [-0.15, -0.1) is 0 Å². The van der Waals surface area contributed by atoms with Gasteiger partial charge in [-0.3, -0.25) is 4.90 Å². The maximum atomic E-state index is 5.55. The molecule has 1 fully saturated rings. The molecule has 0 radical (unpaired) electrons. The fourth-order valence-corrected chi connectivity index (χ4v) is 3.35. The molecular formula is C18H25N3O3. The number of aromatic nitrogens is 2. The molecule has 3 rings (SSSR count). The summed E-state index contributed by atoms with van der Waals surface area (Å²) in [6, 6.07) is 10.3. The van der Waals surface area contributed by atoms with Crippen LogP contribution < -0.4 is 4.74 Å². The van der Waals surface area contributed by atoms with E-state index in [4.69, 9.17) is 14.2 Å². The Kier molecular flexibility index (Phi) is 5.50. The Balaban J connectivity index is 1.83. The van der Waals surface area contributed by atoms with Gasteiger partial charge in [0.25, 0.3) is 0 Å². The van der Waals surface area contributed by atoms with Crippen LogP contribution in [0.4, 0.5) is 0 Å². The van der Waals surface area contributed by atoms with Gasteiger partial charge in [-0.1, -0.05) is 12.1 Å². The summed E-state index contributed by atoms with van der Waals surface area (Å²) in [5.74, 6) is 0.812. The first-order valence-corrected chi connectivity index (χ1v) is 8.19. The summed E-state index contributed by atoms with van der Waals surface area (Å²) in [5, 5.41) is 4.49. The predicted octanol–water partition coefficient (Wildman–Crippen LogP) is 2.12. The molecule has 1 aliphatic heterocycles. The van der Waals surface area contributed by atoms with Crippen LogP contribution in [0.3, 0.4) is 0 Å². The van der Waals surface area contributed by atoms with Crippen LogP contribution in [-0.4, -0.2) is 61.3 Å². The van der Waals surface area contributed by atoms with Gasteiger partial charge in [0.15, 0.2) is 0 Å². The van der Waals surface area contributed by atoms with E-state index in [1.807, 2.05) is 35.1 Å². The van der Waals surface area contributed by atoms with Gasteiger partial charge in [-0.05, 0) is 24.6 Å². The number of benzene rings is 1. The molecule has 1 aromatic heterocycles. The molecule has 0 aliphatic carbocycles. The molecule has 2 heterocycles.